The summed E-state index contributed by atoms with van der Waals surface area (Å²) in [4.78, 5) is 17.1. The number of amides is 1. The fourth-order valence-corrected chi connectivity index (χ4v) is 6.62. The molecule has 3 rings (SSSR count). The zero-order valence-electron chi connectivity index (χ0n) is 11.5. The first kappa shape index (κ1) is 14.0. The van der Waals surface area contributed by atoms with Crippen LogP contribution in [0.3, 0.4) is 0 Å². The number of aromatic nitrogens is 1. The van der Waals surface area contributed by atoms with Gasteiger partial charge in [0, 0.05) is 6.04 Å². The summed E-state index contributed by atoms with van der Waals surface area (Å²) in [6, 6.07) is -0.0228. The molecule has 2 saturated heterocycles. The zero-order valence-corrected chi connectivity index (χ0v) is 13.2. The number of carbonyl (C=O) groups is 1. The van der Waals surface area contributed by atoms with Gasteiger partial charge < -0.3 is 5.32 Å². The predicted molar refractivity (Wildman–Crippen MR) is 77.8 cm³/mol. The average Bonchev–Trinajstić information content (AvgIpc) is 2.71. The highest BCUT2D eigenvalue weighted by molar-refractivity contribution is 7.93. The first-order valence-corrected chi connectivity index (χ1v) is 9.28. The third-order valence-electron chi connectivity index (χ3n) is 4.28. The highest BCUT2D eigenvalue weighted by Crippen LogP contribution is 2.38. The van der Waals surface area contributed by atoms with E-state index in [4.69, 9.17) is 0 Å². The molecule has 2 atom stereocenters. The normalized spacial score (nSPS) is 31.2. The van der Waals surface area contributed by atoms with Crippen LogP contribution >= 0.6 is 11.3 Å². The largest absolute Gasteiger partial charge is 0.348 e. The Balaban J connectivity index is 1.71. The Morgan fingerprint density at radius 2 is 1.85 bits per heavy atom. The van der Waals surface area contributed by atoms with E-state index in [1.54, 1.807) is 0 Å². The smallest absolute Gasteiger partial charge is 0.263 e. The predicted octanol–water partition coefficient (Wildman–Crippen LogP) is 1.60. The molecule has 0 radical (unpaired) electrons. The van der Waals surface area contributed by atoms with Crippen LogP contribution in [0, 0.1) is 13.8 Å². The van der Waals surface area contributed by atoms with Crippen LogP contribution < -0.4 is 5.32 Å². The molecule has 5 nitrogen and oxygen atoms in total. The molecular weight excluding hydrogens is 296 g/mol. The fourth-order valence-electron chi connectivity index (χ4n) is 3.32. The van der Waals surface area contributed by atoms with Crippen molar-refractivity contribution in [2.24, 2.45) is 0 Å². The summed E-state index contributed by atoms with van der Waals surface area (Å²) in [5.74, 6) is -0.114. The Kier molecular flexibility index (Phi) is 3.36. The summed E-state index contributed by atoms with van der Waals surface area (Å²) in [6.07, 6.45) is 2.61. The number of hydrogen-bond donors (Lipinski definition) is 1. The lowest BCUT2D eigenvalue weighted by molar-refractivity contribution is 0.0935. The van der Waals surface area contributed by atoms with Gasteiger partial charge in [0.2, 0.25) is 0 Å². The third kappa shape index (κ3) is 2.26. The van der Waals surface area contributed by atoms with Crippen LogP contribution in [-0.2, 0) is 9.84 Å². The van der Waals surface area contributed by atoms with Crippen molar-refractivity contribution < 1.29 is 13.2 Å². The second-order valence-electron chi connectivity index (χ2n) is 5.70. The monoisotopic (exact) mass is 314 g/mol. The Morgan fingerprint density at radius 1 is 1.25 bits per heavy atom. The van der Waals surface area contributed by atoms with Crippen LogP contribution in [0.2, 0.25) is 0 Å². The molecule has 2 aliphatic rings. The van der Waals surface area contributed by atoms with Gasteiger partial charge in [-0.1, -0.05) is 0 Å². The Labute approximate surface area is 122 Å². The highest BCUT2D eigenvalue weighted by Gasteiger charge is 2.47. The van der Waals surface area contributed by atoms with Gasteiger partial charge in [-0.15, -0.1) is 11.3 Å². The average molecular weight is 314 g/mol. The van der Waals surface area contributed by atoms with Gasteiger partial charge in [-0.25, -0.2) is 13.4 Å². The van der Waals surface area contributed by atoms with E-state index in [-0.39, 0.29) is 22.4 Å². The summed E-state index contributed by atoms with van der Waals surface area (Å²) in [5.41, 5.74) is 0.747. The van der Waals surface area contributed by atoms with Crippen molar-refractivity contribution in [3.8, 4) is 0 Å². The van der Waals surface area contributed by atoms with Crippen LogP contribution in [0.5, 0.6) is 0 Å². The van der Waals surface area contributed by atoms with Crippen LogP contribution in [-0.4, -0.2) is 35.9 Å². The summed E-state index contributed by atoms with van der Waals surface area (Å²) in [7, 11) is -2.93. The number of aryl methyl sites for hydroxylation is 2. The second-order valence-corrected chi connectivity index (χ2v) is 9.41. The molecule has 1 aromatic heterocycles. The minimum Gasteiger partial charge on any atom is -0.348 e. The molecule has 0 spiro atoms. The van der Waals surface area contributed by atoms with Crippen molar-refractivity contribution in [3.63, 3.8) is 0 Å². The summed E-state index contributed by atoms with van der Waals surface area (Å²) in [6.45, 7) is 3.70. The van der Waals surface area contributed by atoms with E-state index in [2.05, 4.69) is 10.3 Å². The standard InChI is InChI=1S/C13H18N2O3S2/c1-7-12(19-8(2)14-7)13(16)15-9-5-10-3-4-11(6-9)20(10,17)18/h9-11H,3-6H2,1-2H3,(H,15,16). The quantitative estimate of drug-likeness (QED) is 0.899. The van der Waals surface area contributed by atoms with E-state index in [1.807, 2.05) is 13.8 Å². The molecule has 2 fully saturated rings. The number of nitrogens with one attached hydrogen (secondary N) is 1. The van der Waals surface area contributed by atoms with E-state index in [1.165, 1.54) is 11.3 Å². The number of carbonyl (C=O) groups excluding carboxylic acids is 1. The van der Waals surface area contributed by atoms with Crippen molar-refractivity contribution in [3.05, 3.63) is 15.6 Å². The van der Waals surface area contributed by atoms with Gasteiger partial charge in [-0.2, -0.15) is 0 Å². The summed E-state index contributed by atoms with van der Waals surface area (Å²) in [5, 5.41) is 3.36. The first-order chi connectivity index (χ1) is 9.38. The Hall–Kier alpha value is -0.950. The maximum Gasteiger partial charge on any atom is 0.263 e. The van der Waals surface area contributed by atoms with Crippen molar-refractivity contribution in [1.29, 1.82) is 0 Å². The molecule has 0 aliphatic carbocycles. The summed E-state index contributed by atoms with van der Waals surface area (Å²) >= 11 is 1.39. The van der Waals surface area contributed by atoms with Crippen molar-refractivity contribution in [2.45, 2.75) is 56.1 Å². The van der Waals surface area contributed by atoms with Crippen LogP contribution in [0.1, 0.15) is 46.1 Å². The second kappa shape index (κ2) is 4.80. The molecule has 1 amide bonds. The van der Waals surface area contributed by atoms with Gasteiger partial charge in [-0.3, -0.25) is 4.79 Å². The number of nitrogens with zero attached hydrogens (tertiary/aromatic N) is 1. The molecule has 2 aliphatic heterocycles. The maximum atomic E-state index is 12.3. The van der Waals surface area contributed by atoms with E-state index in [9.17, 15) is 13.2 Å². The van der Waals surface area contributed by atoms with Crippen molar-refractivity contribution >= 4 is 27.1 Å². The van der Waals surface area contributed by atoms with E-state index in [0.29, 0.717) is 17.7 Å². The molecule has 1 aromatic rings. The van der Waals surface area contributed by atoms with E-state index >= 15 is 0 Å². The van der Waals surface area contributed by atoms with Crippen LogP contribution in [0.15, 0.2) is 0 Å². The van der Waals surface area contributed by atoms with Gasteiger partial charge in [-0.05, 0) is 39.5 Å². The number of fused-ring (bicyclic) bond motifs is 2. The Bertz CT molecular complexity index is 631. The topological polar surface area (TPSA) is 76.1 Å². The van der Waals surface area contributed by atoms with E-state index in [0.717, 1.165) is 23.5 Å². The van der Waals surface area contributed by atoms with E-state index < -0.39 is 9.84 Å². The van der Waals surface area contributed by atoms with Crippen LogP contribution in [0.25, 0.3) is 0 Å². The number of sulfone groups is 1. The van der Waals surface area contributed by atoms with Crippen LogP contribution in [0.4, 0.5) is 0 Å². The minimum atomic E-state index is -2.93. The lowest BCUT2D eigenvalue weighted by Crippen LogP contribution is -2.45. The molecular formula is C13H18N2O3S2. The van der Waals surface area contributed by atoms with Crippen molar-refractivity contribution in [2.75, 3.05) is 0 Å². The molecule has 1 N–H and O–H groups in total. The molecule has 2 unspecified atom stereocenters. The number of thiazole rings is 1. The fraction of sp³-hybridized carbons (Fsp3) is 0.692. The first-order valence-electron chi connectivity index (χ1n) is 6.85. The minimum absolute atomic E-state index is 0.0228. The SMILES string of the molecule is Cc1nc(C)c(C(=O)NC2CC3CCC(C2)S3(=O)=O)s1. The van der Waals surface area contributed by atoms with Gasteiger partial charge in [0.25, 0.3) is 5.91 Å². The van der Waals surface area contributed by atoms with Gasteiger partial charge in [0.05, 0.1) is 21.2 Å². The molecule has 2 bridgehead atoms. The third-order valence-corrected chi connectivity index (χ3v) is 8.07. The maximum absolute atomic E-state index is 12.3. The summed E-state index contributed by atoms with van der Waals surface area (Å²) < 4.78 is 24.0. The molecule has 7 heteroatoms. The molecule has 20 heavy (non-hydrogen) atoms. The molecule has 0 saturated carbocycles. The van der Waals surface area contributed by atoms with Gasteiger partial charge in [0.15, 0.2) is 9.84 Å². The number of hydrogen-bond acceptors (Lipinski definition) is 5. The zero-order chi connectivity index (χ0) is 14.5. The lowest BCUT2D eigenvalue weighted by atomic mass is 10.1. The molecule has 0 aromatic carbocycles. The molecule has 3 heterocycles. The van der Waals surface area contributed by atoms with Gasteiger partial charge >= 0.3 is 0 Å². The lowest BCUT2D eigenvalue weighted by Gasteiger charge is -2.28. The Morgan fingerprint density at radius 3 is 2.35 bits per heavy atom. The van der Waals surface area contributed by atoms with Gasteiger partial charge in [0.1, 0.15) is 4.88 Å². The highest BCUT2D eigenvalue weighted by atomic mass is 32.2. The van der Waals surface area contributed by atoms with Crippen molar-refractivity contribution in [1.82, 2.24) is 10.3 Å². The number of rotatable bonds is 2. The molecule has 110 valence electrons.